The fraction of sp³-hybridized carbons (Fsp3) is 0.125. The summed E-state index contributed by atoms with van der Waals surface area (Å²) in [6, 6.07) is 21.0. The highest BCUT2D eigenvalue weighted by Crippen LogP contribution is 2.47. The molecule has 0 saturated carbocycles. The molecule has 41 heavy (non-hydrogen) atoms. The van der Waals surface area contributed by atoms with Gasteiger partial charge >= 0.3 is 0 Å². The first-order valence-electron chi connectivity index (χ1n) is 13.3. The van der Waals surface area contributed by atoms with Gasteiger partial charge in [-0.05, 0) is 36.1 Å². The van der Waals surface area contributed by atoms with Crippen molar-refractivity contribution < 1.29 is 9.13 Å². The van der Waals surface area contributed by atoms with Crippen LogP contribution >= 0.6 is 11.3 Å². The summed E-state index contributed by atoms with van der Waals surface area (Å²) in [5.74, 6) is 0.334. The Bertz CT molecular complexity index is 2030. The zero-order valence-electron chi connectivity index (χ0n) is 22.2. The van der Waals surface area contributed by atoms with Gasteiger partial charge in [0.1, 0.15) is 16.2 Å². The van der Waals surface area contributed by atoms with E-state index in [0.717, 1.165) is 39.6 Å². The second kappa shape index (κ2) is 9.94. The Morgan fingerprint density at radius 1 is 1.12 bits per heavy atom. The maximum absolute atomic E-state index is 15.8. The molecular formula is C32H26FN5O2S. The first-order valence-corrected chi connectivity index (χ1v) is 14.2. The lowest BCUT2D eigenvalue weighted by molar-refractivity contribution is 0.448. The Hall–Kier alpha value is -4.89. The number of nitrogens with two attached hydrogens (primary N) is 1. The third kappa shape index (κ3) is 4.17. The van der Waals surface area contributed by atoms with Gasteiger partial charge in [-0.25, -0.2) is 9.37 Å². The van der Waals surface area contributed by atoms with Crippen LogP contribution in [0, 0.1) is 5.82 Å². The zero-order chi connectivity index (χ0) is 28.1. The van der Waals surface area contributed by atoms with E-state index in [4.69, 9.17) is 15.5 Å². The molecule has 0 atom stereocenters. The van der Waals surface area contributed by atoms with Crippen molar-refractivity contribution in [2.24, 2.45) is 5.73 Å². The molecular weight excluding hydrogens is 537 g/mol. The van der Waals surface area contributed by atoms with Crippen molar-refractivity contribution >= 4 is 48.9 Å². The van der Waals surface area contributed by atoms with Crippen LogP contribution in [0.5, 0.6) is 11.5 Å². The predicted octanol–water partition coefficient (Wildman–Crippen LogP) is 6.83. The molecule has 0 fully saturated rings. The van der Waals surface area contributed by atoms with E-state index < -0.39 is 5.82 Å². The second-order valence-electron chi connectivity index (χ2n) is 10.0. The number of hydrogen-bond acceptors (Lipinski definition) is 7. The molecule has 0 radical (unpaired) electrons. The lowest BCUT2D eigenvalue weighted by Crippen LogP contribution is -2.19. The minimum atomic E-state index is -0.544. The van der Waals surface area contributed by atoms with Crippen molar-refractivity contribution in [2.45, 2.75) is 6.42 Å². The molecule has 0 saturated heterocycles. The molecule has 7 nitrogen and oxygen atoms in total. The molecule has 4 aromatic carbocycles. The van der Waals surface area contributed by atoms with Crippen LogP contribution in [-0.2, 0) is 0 Å². The Morgan fingerprint density at radius 2 is 1.95 bits per heavy atom. The van der Waals surface area contributed by atoms with Gasteiger partial charge in [-0.15, -0.1) is 11.3 Å². The van der Waals surface area contributed by atoms with E-state index >= 15 is 4.39 Å². The van der Waals surface area contributed by atoms with Gasteiger partial charge in [0.2, 0.25) is 0 Å². The van der Waals surface area contributed by atoms with Crippen molar-refractivity contribution in [3.8, 4) is 27.8 Å². The third-order valence-electron chi connectivity index (χ3n) is 7.37. The van der Waals surface area contributed by atoms with Crippen LogP contribution in [0.15, 0.2) is 90.1 Å². The first kappa shape index (κ1) is 25.1. The van der Waals surface area contributed by atoms with E-state index in [1.54, 1.807) is 6.20 Å². The van der Waals surface area contributed by atoms with Crippen LogP contribution in [0.25, 0.3) is 48.2 Å². The Balaban J connectivity index is 1.45. The summed E-state index contributed by atoms with van der Waals surface area (Å²) in [6.07, 6.45) is 5.83. The van der Waals surface area contributed by atoms with Gasteiger partial charge in [0.25, 0.3) is 0 Å². The van der Waals surface area contributed by atoms with Gasteiger partial charge in [0.05, 0.1) is 26.9 Å². The smallest absolute Gasteiger partial charge is 0.199 e. The van der Waals surface area contributed by atoms with Crippen LogP contribution in [-0.4, -0.2) is 34.6 Å². The molecule has 204 valence electrons. The first-order chi connectivity index (χ1) is 20.0. The third-order valence-corrected chi connectivity index (χ3v) is 8.44. The second-order valence-corrected chi connectivity index (χ2v) is 11.1. The molecule has 6 aromatic rings. The molecule has 0 aliphatic carbocycles. The highest BCUT2D eigenvalue weighted by molar-refractivity contribution is 7.21. The number of fused-ring (bicyclic) bond motifs is 5. The van der Waals surface area contributed by atoms with Crippen LogP contribution in [0.2, 0.25) is 0 Å². The average Bonchev–Trinajstić information content (AvgIpc) is 3.41. The van der Waals surface area contributed by atoms with E-state index in [0.29, 0.717) is 34.1 Å². The highest BCUT2D eigenvalue weighted by Gasteiger charge is 2.29. The molecule has 0 amide bonds. The molecule has 9 heteroatoms. The minimum absolute atomic E-state index is 0.231. The number of hydrogen-bond donors (Lipinski definition) is 2. The van der Waals surface area contributed by atoms with Crippen molar-refractivity contribution in [3.05, 3.63) is 101 Å². The number of benzene rings is 4. The van der Waals surface area contributed by atoms with Crippen molar-refractivity contribution in [1.29, 1.82) is 0 Å². The number of rotatable bonds is 7. The molecule has 2 aromatic heterocycles. The number of para-hydroxylation sites is 1. The average molecular weight is 564 g/mol. The van der Waals surface area contributed by atoms with Crippen LogP contribution < -0.4 is 21.2 Å². The predicted molar refractivity (Wildman–Crippen MR) is 165 cm³/mol. The maximum atomic E-state index is 15.8. The van der Waals surface area contributed by atoms with Gasteiger partial charge in [0.15, 0.2) is 22.7 Å². The van der Waals surface area contributed by atoms with Gasteiger partial charge in [-0.2, -0.15) is 0 Å². The molecule has 3 N–H and O–H groups in total. The lowest BCUT2D eigenvalue weighted by atomic mass is 10.0. The number of aromatic nitrogens is 2. The van der Waals surface area contributed by atoms with Crippen LogP contribution in [0.1, 0.15) is 6.42 Å². The van der Waals surface area contributed by atoms with E-state index in [1.807, 2.05) is 83.4 Å². The summed E-state index contributed by atoms with van der Waals surface area (Å²) < 4.78 is 25.2. The summed E-state index contributed by atoms with van der Waals surface area (Å²) in [5, 5.41) is 6.06. The summed E-state index contributed by atoms with van der Waals surface area (Å²) in [7, 11) is 1.93. The summed E-state index contributed by atoms with van der Waals surface area (Å²) in [4.78, 5) is 20.7. The largest absolute Gasteiger partial charge is 0.451 e. The summed E-state index contributed by atoms with van der Waals surface area (Å²) in [5.41, 5.74) is 7.98. The van der Waals surface area contributed by atoms with Gasteiger partial charge in [-0.1, -0.05) is 42.5 Å². The minimum Gasteiger partial charge on any atom is -0.451 e. The number of thiazole rings is 1. The normalized spacial score (nSPS) is 12.2. The van der Waals surface area contributed by atoms with Crippen molar-refractivity contribution in [3.63, 3.8) is 0 Å². The number of nitrogens with zero attached hydrogens (tertiary/aromatic N) is 3. The molecule has 3 heterocycles. The van der Waals surface area contributed by atoms with Crippen molar-refractivity contribution in [1.82, 2.24) is 14.5 Å². The van der Waals surface area contributed by atoms with Crippen LogP contribution in [0.4, 0.5) is 10.1 Å². The van der Waals surface area contributed by atoms with E-state index in [1.165, 1.54) is 23.6 Å². The molecule has 0 bridgehead atoms. The molecule has 0 spiro atoms. The van der Waals surface area contributed by atoms with Gasteiger partial charge in [-0.3, -0.25) is 4.79 Å². The topological polar surface area (TPSA) is 85.4 Å². The number of pyridine rings is 1. The standard InChI is InChI=1S/C32H26FN5O2S/c1-37(16-13-34)15-6-14-35-27-23(33)17-21-29-31(27)40-25-12-11-19-7-2-3-8-20(19)28(25)38(29)18-22(30(21)39)32-36-24-9-4-5-10-26(24)41-32/h2-5,7-13,16-18,35H,6,14-15,34H2,1H3/b16-13-. The number of anilines is 1. The van der Waals surface area contributed by atoms with Crippen molar-refractivity contribution in [2.75, 3.05) is 25.5 Å². The molecule has 7 rings (SSSR count). The fourth-order valence-corrected chi connectivity index (χ4v) is 6.42. The fourth-order valence-electron chi connectivity index (χ4n) is 5.45. The summed E-state index contributed by atoms with van der Waals surface area (Å²) in [6.45, 7) is 1.23. The van der Waals surface area contributed by atoms with Gasteiger partial charge in [0, 0.05) is 44.1 Å². The monoisotopic (exact) mass is 563 g/mol. The number of nitrogens with one attached hydrogen (secondary N) is 1. The Kier molecular flexibility index (Phi) is 6.09. The number of halogens is 1. The molecule has 1 aliphatic rings. The molecule has 1 aliphatic heterocycles. The number of ether oxygens (including phenoxy) is 1. The highest BCUT2D eigenvalue weighted by atomic mass is 32.1. The van der Waals surface area contributed by atoms with E-state index in [9.17, 15) is 4.79 Å². The lowest BCUT2D eigenvalue weighted by Gasteiger charge is -2.27. The quantitative estimate of drug-likeness (QED) is 0.207. The Labute approximate surface area is 238 Å². The van der Waals surface area contributed by atoms with Gasteiger partial charge < -0.3 is 25.3 Å². The molecule has 0 unspecified atom stereocenters. The van der Waals surface area contributed by atoms with E-state index in [2.05, 4.69) is 5.32 Å². The van der Waals surface area contributed by atoms with E-state index in [-0.39, 0.29) is 16.5 Å². The zero-order valence-corrected chi connectivity index (χ0v) is 23.0. The summed E-state index contributed by atoms with van der Waals surface area (Å²) >= 11 is 1.45. The Morgan fingerprint density at radius 3 is 2.80 bits per heavy atom. The SMILES string of the molecule is CN(/C=C\N)CCCNc1c(F)cc2c(=O)c(-c3nc4ccccc4s3)cn3c2c1Oc1ccc2ccccc2c1-3. The maximum Gasteiger partial charge on any atom is 0.199 e. The van der Waals surface area contributed by atoms with Crippen LogP contribution in [0.3, 0.4) is 0 Å².